The van der Waals surface area contributed by atoms with Gasteiger partial charge >= 0.3 is 6.03 Å². The van der Waals surface area contributed by atoms with Crippen molar-refractivity contribution < 1.29 is 9.53 Å². The Morgan fingerprint density at radius 2 is 2.00 bits per heavy atom. The molecule has 2 N–H and O–H groups in total. The van der Waals surface area contributed by atoms with Gasteiger partial charge < -0.3 is 15.4 Å². The van der Waals surface area contributed by atoms with Crippen LogP contribution in [-0.4, -0.2) is 55.4 Å². The SMILES string of the molecule is CC(C)N(CCNC(=O)NC1CCOC1)C(C)C. The van der Waals surface area contributed by atoms with Gasteiger partial charge in [-0.25, -0.2) is 4.79 Å². The van der Waals surface area contributed by atoms with E-state index in [1.807, 2.05) is 0 Å². The number of nitrogens with one attached hydrogen (secondary N) is 2. The maximum Gasteiger partial charge on any atom is 0.315 e. The van der Waals surface area contributed by atoms with Gasteiger partial charge in [-0.1, -0.05) is 0 Å². The highest BCUT2D eigenvalue weighted by Gasteiger charge is 2.18. The quantitative estimate of drug-likeness (QED) is 0.751. The van der Waals surface area contributed by atoms with Crippen molar-refractivity contribution in [3.05, 3.63) is 0 Å². The van der Waals surface area contributed by atoms with Crippen LogP contribution < -0.4 is 10.6 Å². The van der Waals surface area contributed by atoms with Crippen LogP contribution in [0.25, 0.3) is 0 Å². The van der Waals surface area contributed by atoms with Gasteiger partial charge in [0.05, 0.1) is 12.6 Å². The lowest BCUT2D eigenvalue weighted by molar-refractivity contribution is 0.174. The minimum absolute atomic E-state index is 0.0852. The average molecular weight is 257 g/mol. The van der Waals surface area contributed by atoms with E-state index in [9.17, 15) is 4.79 Å². The minimum atomic E-state index is -0.0852. The van der Waals surface area contributed by atoms with Crippen LogP contribution >= 0.6 is 0 Å². The summed E-state index contributed by atoms with van der Waals surface area (Å²) < 4.78 is 5.21. The zero-order valence-electron chi connectivity index (χ0n) is 12.0. The molecule has 1 fully saturated rings. The predicted molar refractivity (Wildman–Crippen MR) is 72.7 cm³/mol. The Morgan fingerprint density at radius 3 is 2.50 bits per heavy atom. The van der Waals surface area contributed by atoms with Gasteiger partial charge in [-0.2, -0.15) is 0 Å². The van der Waals surface area contributed by atoms with Crippen LogP contribution in [-0.2, 0) is 4.74 Å². The number of amides is 2. The largest absolute Gasteiger partial charge is 0.379 e. The van der Waals surface area contributed by atoms with E-state index >= 15 is 0 Å². The molecule has 1 unspecified atom stereocenters. The molecule has 0 aromatic carbocycles. The number of ether oxygens (including phenoxy) is 1. The first kappa shape index (κ1) is 15.2. The highest BCUT2D eigenvalue weighted by molar-refractivity contribution is 5.74. The topological polar surface area (TPSA) is 53.6 Å². The molecule has 2 amide bonds. The first-order valence-electron chi connectivity index (χ1n) is 6.88. The van der Waals surface area contributed by atoms with Crippen molar-refractivity contribution in [2.75, 3.05) is 26.3 Å². The fourth-order valence-electron chi connectivity index (χ4n) is 2.30. The fourth-order valence-corrected chi connectivity index (χ4v) is 2.30. The molecule has 0 aliphatic carbocycles. The predicted octanol–water partition coefficient (Wildman–Crippen LogP) is 1.19. The molecule has 1 rings (SSSR count). The lowest BCUT2D eigenvalue weighted by Crippen LogP contribution is -2.47. The van der Waals surface area contributed by atoms with Crippen LogP contribution in [0, 0.1) is 0 Å². The van der Waals surface area contributed by atoms with Gasteiger partial charge in [0.2, 0.25) is 0 Å². The minimum Gasteiger partial charge on any atom is -0.379 e. The molecule has 0 bridgehead atoms. The van der Waals surface area contributed by atoms with Crippen LogP contribution in [0.3, 0.4) is 0 Å². The zero-order valence-corrected chi connectivity index (χ0v) is 12.0. The number of carbonyl (C=O) groups is 1. The number of carbonyl (C=O) groups excluding carboxylic acids is 1. The van der Waals surface area contributed by atoms with Crippen LogP contribution in [0.15, 0.2) is 0 Å². The molecule has 5 nitrogen and oxygen atoms in total. The van der Waals surface area contributed by atoms with Crippen molar-refractivity contribution in [3.63, 3.8) is 0 Å². The van der Waals surface area contributed by atoms with E-state index in [2.05, 4.69) is 43.2 Å². The van der Waals surface area contributed by atoms with E-state index in [-0.39, 0.29) is 12.1 Å². The van der Waals surface area contributed by atoms with Crippen molar-refractivity contribution in [2.24, 2.45) is 0 Å². The highest BCUT2D eigenvalue weighted by Crippen LogP contribution is 2.04. The second-order valence-corrected chi connectivity index (χ2v) is 5.39. The summed E-state index contributed by atoms with van der Waals surface area (Å²) in [6, 6.07) is 1.09. The molecule has 0 aromatic rings. The Bertz CT molecular complexity index is 243. The van der Waals surface area contributed by atoms with E-state index in [1.54, 1.807) is 0 Å². The third-order valence-electron chi connectivity index (χ3n) is 3.25. The molecule has 106 valence electrons. The first-order chi connectivity index (χ1) is 8.50. The molecule has 1 aliphatic heterocycles. The van der Waals surface area contributed by atoms with E-state index < -0.39 is 0 Å². The van der Waals surface area contributed by atoms with Crippen LogP contribution in [0.4, 0.5) is 4.79 Å². The van der Waals surface area contributed by atoms with Crippen molar-refractivity contribution in [2.45, 2.75) is 52.2 Å². The fraction of sp³-hybridized carbons (Fsp3) is 0.923. The summed E-state index contributed by atoms with van der Waals surface area (Å²) in [6.45, 7) is 11.6. The summed E-state index contributed by atoms with van der Waals surface area (Å²) in [5.74, 6) is 0. The first-order valence-corrected chi connectivity index (χ1v) is 6.88. The summed E-state index contributed by atoms with van der Waals surface area (Å²) in [6.07, 6.45) is 0.914. The Kier molecular flexibility index (Phi) is 6.43. The van der Waals surface area contributed by atoms with Crippen LogP contribution in [0.2, 0.25) is 0 Å². The third-order valence-corrected chi connectivity index (χ3v) is 3.25. The molecule has 1 aliphatic rings. The number of urea groups is 1. The summed E-state index contributed by atoms with van der Waals surface area (Å²) >= 11 is 0. The van der Waals surface area contributed by atoms with Crippen molar-refractivity contribution >= 4 is 6.03 Å². The van der Waals surface area contributed by atoms with Crippen LogP contribution in [0.5, 0.6) is 0 Å². The normalized spacial score (nSPS) is 19.8. The summed E-state index contributed by atoms with van der Waals surface area (Å²) in [5.41, 5.74) is 0. The van der Waals surface area contributed by atoms with E-state index in [1.165, 1.54) is 0 Å². The second kappa shape index (κ2) is 7.59. The van der Waals surface area contributed by atoms with E-state index in [0.29, 0.717) is 25.2 Å². The van der Waals surface area contributed by atoms with Crippen molar-refractivity contribution in [1.82, 2.24) is 15.5 Å². The smallest absolute Gasteiger partial charge is 0.315 e. The van der Waals surface area contributed by atoms with Crippen molar-refractivity contribution in [1.29, 1.82) is 0 Å². The zero-order chi connectivity index (χ0) is 13.5. The number of hydrogen-bond donors (Lipinski definition) is 2. The Hall–Kier alpha value is -0.810. The van der Waals surface area contributed by atoms with Gasteiger partial charge in [0.15, 0.2) is 0 Å². The second-order valence-electron chi connectivity index (χ2n) is 5.39. The maximum atomic E-state index is 11.6. The number of nitrogens with zero attached hydrogens (tertiary/aromatic N) is 1. The molecule has 18 heavy (non-hydrogen) atoms. The number of hydrogen-bond acceptors (Lipinski definition) is 3. The molecule has 0 radical (unpaired) electrons. The van der Waals surface area contributed by atoms with Gasteiger partial charge in [0.1, 0.15) is 0 Å². The van der Waals surface area contributed by atoms with Crippen molar-refractivity contribution in [3.8, 4) is 0 Å². The monoisotopic (exact) mass is 257 g/mol. The lowest BCUT2D eigenvalue weighted by atomic mass is 10.2. The average Bonchev–Trinajstić information content (AvgIpc) is 2.75. The van der Waals surface area contributed by atoms with Gasteiger partial charge in [-0.15, -0.1) is 0 Å². The van der Waals surface area contributed by atoms with Gasteiger partial charge in [-0.05, 0) is 34.1 Å². The molecule has 0 spiro atoms. The molecule has 1 heterocycles. The van der Waals surface area contributed by atoms with Gasteiger partial charge in [0.25, 0.3) is 0 Å². The van der Waals surface area contributed by atoms with Gasteiger partial charge in [-0.3, -0.25) is 4.90 Å². The van der Waals surface area contributed by atoms with Gasteiger partial charge in [0, 0.05) is 31.8 Å². The third kappa shape index (κ3) is 5.23. The molecule has 0 aromatic heterocycles. The standard InChI is InChI=1S/C13H27N3O2/c1-10(2)16(11(3)4)7-6-14-13(17)15-12-5-8-18-9-12/h10-12H,5-9H2,1-4H3,(H2,14,15,17). The molecule has 1 atom stereocenters. The number of rotatable bonds is 6. The maximum absolute atomic E-state index is 11.6. The summed E-state index contributed by atoms with van der Waals surface area (Å²) in [5, 5.41) is 5.82. The molecule has 1 saturated heterocycles. The molecule has 0 saturated carbocycles. The Balaban J connectivity index is 2.17. The Morgan fingerprint density at radius 1 is 1.33 bits per heavy atom. The highest BCUT2D eigenvalue weighted by atomic mass is 16.5. The summed E-state index contributed by atoms with van der Waals surface area (Å²) in [4.78, 5) is 14.0. The van der Waals surface area contributed by atoms with E-state index in [4.69, 9.17) is 4.74 Å². The van der Waals surface area contributed by atoms with Crippen LogP contribution in [0.1, 0.15) is 34.1 Å². The molecular formula is C13H27N3O2. The molecular weight excluding hydrogens is 230 g/mol. The lowest BCUT2D eigenvalue weighted by Gasteiger charge is -2.30. The molecule has 5 heteroatoms. The summed E-state index contributed by atoms with van der Waals surface area (Å²) in [7, 11) is 0. The Labute approximate surface area is 110 Å². The van der Waals surface area contributed by atoms with E-state index in [0.717, 1.165) is 19.6 Å².